The zero-order valence-corrected chi connectivity index (χ0v) is 24.8. The molecule has 1 aliphatic heterocycles. The van der Waals surface area contributed by atoms with Gasteiger partial charge in [0.25, 0.3) is 0 Å². The Kier molecular flexibility index (Phi) is 9.05. The van der Waals surface area contributed by atoms with Crippen molar-refractivity contribution in [2.45, 2.75) is 25.4 Å². The smallest absolute Gasteiger partial charge is 0.203 e. The molecule has 0 aliphatic carbocycles. The van der Waals surface area contributed by atoms with Crippen LogP contribution in [-0.2, 0) is 22.7 Å². The minimum absolute atomic E-state index is 0.204. The summed E-state index contributed by atoms with van der Waals surface area (Å²) in [5.74, 6) is 2.86. The minimum Gasteiger partial charge on any atom is -0.493 e. The van der Waals surface area contributed by atoms with Crippen LogP contribution in [0.1, 0.15) is 34.5 Å². The van der Waals surface area contributed by atoms with E-state index < -0.39 is 12.2 Å². The van der Waals surface area contributed by atoms with Gasteiger partial charge in [0.05, 0.1) is 55.9 Å². The van der Waals surface area contributed by atoms with Gasteiger partial charge >= 0.3 is 0 Å². The molecule has 0 unspecified atom stereocenters. The van der Waals surface area contributed by atoms with Gasteiger partial charge in [-0.2, -0.15) is 0 Å². The lowest BCUT2D eigenvalue weighted by atomic mass is 9.91. The Morgan fingerprint density at radius 1 is 0.476 bits per heavy atom. The second-order valence-corrected chi connectivity index (χ2v) is 9.64. The zero-order valence-electron chi connectivity index (χ0n) is 24.8. The first kappa shape index (κ1) is 29.1. The largest absolute Gasteiger partial charge is 0.493 e. The summed E-state index contributed by atoms with van der Waals surface area (Å²) < 4.78 is 48.6. The van der Waals surface area contributed by atoms with Gasteiger partial charge in [0, 0.05) is 11.1 Å². The molecule has 0 fully saturated rings. The Labute approximate surface area is 246 Å². The van der Waals surface area contributed by atoms with E-state index in [9.17, 15) is 0 Å². The molecular formula is C34H36O8. The van der Waals surface area contributed by atoms with E-state index in [1.165, 1.54) is 0 Å². The molecule has 1 heterocycles. The van der Waals surface area contributed by atoms with Crippen molar-refractivity contribution in [3.8, 4) is 45.6 Å². The molecule has 1 aliphatic rings. The number of methoxy groups -OCH3 is 6. The first-order chi connectivity index (χ1) is 20.6. The number of hydrogen-bond acceptors (Lipinski definition) is 8. The van der Waals surface area contributed by atoms with Gasteiger partial charge in [0.1, 0.15) is 12.2 Å². The van der Waals surface area contributed by atoms with E-state index in [4.69, 9.17) is 37.9 Å². The van der Waals surface area contributed by atoms with Crippen LogP contribution in [0, 0.1) is 0 Å². The van der Waals surface area contributed by atoms with E-state index in [0.29, 0.717) is 34.5 Å². The molecule has 0 N–H and O–H groups in total. The van der Waals surface area contributed by atoms with Gasteiger partial charge in [-0.1, -0.05) is 60.7 Å². The minimum atomic E-state index is -0.427. The van der Waals surface area contributed by atoms with Gasteiger partial charge in [-0.05, 0) is 34.4 Å². The summed E-state index contributed by atoms with van der Waals surface area (Å²) in [6.45, 7) is 0.407. The average Bonchev–Trinajstić information content (AvgIpc) is 3.05. The normalized spacial score (nSPS) is 16.4. The Hall–Kier alpha value is -4.40. The summed E-state index contributed by atoms with van der Waals surface area (Å²) in [6, 6.07) is 24.0. The first-order valence-corrected chi connectivity index (χ1v) is 13.6. The zero-order chi connectivity index (χ0) is 29.6. The van der Waals surface area contributed by atoms with Crippen LogP contribution in [0.3, 0.4) is 0 Å². The summed E-state index contributed by atoms with van der Waals surface area (Å²) in [6.07, 6.45) is -0.853. The quantitative estimate of drug-likeness (QED) is 0.225. The second-order valence-electron chi connectivity index (χ2n) is 9.64. The maximum absolute atomic E-state index is 6.79. The van der Waals surface area contributed by atoms with Gasteiger partial charge in [-0.3, -0.25) is 0 Å². The monoisotopic (exact) mass is 572 g/mol. The maximum Gasteiger partial charge on any atom is 0.203 e. The molecule has 8 nitrogen and oxygen atoms in total. The standard InChI is InChI=1S/C34H36O8/c1-35-25-17-23-19-41-29(21-13-9-7-10-14-21)30(22-15-11-8-12-16-22)42-20-24-18-26(36-2)32(38-4)34(40-6)28(24)27(23)33(39-5)31(25)37-3/h7-18,29-30H,19-20H2,1-6H3/t29-,30-/m0/s1. The molecular weight excluding hydrogens is 536 g/mol. The van der Waals surface area contributed by atoms with Gasteiger partial charge in [-0.25, -0.2) is 0 Å². The van der Waals surface area contributed by atoms with Crippen LogP contribution in [0.15, 0.2) is 72.8 Å². The summed E-state index contributed by atoms with van der Waals surface area (Å²) >= 11 is 0. The van der Waals surface area contributed by atoms with Crippen LogP contribution in [0.2, 0.25) is 0 Å². The van der Waals surface area contributed by atoms with Gasteiger partial charge in [0.15, 0.2) is 23.0 Å². The highest BCUT2D eigenvalue weighted by Crippen LogP contribution is 2.55. The van der Waals surface area contributed by atoms with Crippen molar-refractivity contribution < 1.29 is 37.9 Å². The Bertz CT molecular complexity index is 1390. The van der Waals surface area contributed by atoms with Crippen LogP contribution in [0.25, 0.3) is 11.1 Å². The molecule has 8 heteroatoms. The summed E-state index contributed by atoms with van der Waals surface area (Å²) in [5.41, 5.74) is 5.04. The van der Waals surface area contributed by atoms with E-state index in [-0.39, 0.29) is 13.2 Å². The fourth-order valence-electron chi connectivity index (χ4n) is 5.55. The average molecular weight is 573 g/mol. The molecule has 5 rings (SSSR count). The third kappa shape index (κ3) is 5.31. The molecule has 0 bridgehead atoms. The third-order valence-electron chi connectivity index (χ3n) is 7.44. The van der Waals surface area contributed by atoms with Crippen molar-refractivity contribution in [3.63, 3.8) is 0 Å². The molecule has 42 heavy (non-hydrogen) atoms. The molecule has 4 aromatic carbocycles. The van der Waals surface area contributed by atoms with Crippen molar-refractivity contribution in [1.29, 1.82) is 0 Å². The van der Waals surface area contributed by atoms with Crippen molar-refractivity contribution in [3.05, 3.63) is 95.1 Å². The van der Waals surface area contributed by atoms with Crippen molar-refractivity contribution >= 4 is 0 Å². The van der Waals surface area contributed by atoms with Gasteiger partial charge in [-0.15, -0.1) is 0 Å². The molecule has 0 spiro atoms. The number of benzene rings is 4. The van der Waals surface area contributed by atoms with Crippen LogP contribution in [-0.4, -0.2) is 42.7 Å². The van der Waals surface area contributed by atoms with Crippen molar-refractivity contribution in [2.24, 2.45) is 0 Å². The second kappa shape index (κ2) is 13.1. The molecule has 0 saturated heterocycles. The first-order valence-electron chi connectivity index (χ1n) is 13.6. The maximum atomic E-state index is 6.79. The fraction of sp³-hybridized carbons (Fsp3) is 0.294. The van der Waals surface area contributed by atoms with E-state index in [0.717, 1.165) is 33.4 Å². The third-order valence-corrected chi connectivity index (χ3v) is 7.44. The number of hydrogen-bond donors (Lipinski definition) is 0. The van der Waals surface area contributed by atoms with Gasteiger partial charge in [0.2, 0.25) is 11.5 Å². The Balaban J connectivity index is 1.83. The van der Waals surface area contributed by atoms with E-state index in [2.05, 4.69) is 24.3 Å². The number of rotatable bonds is 8. The molecule has 0 radical (unpaired) electrons. The van der Waals surface area contributed by atoms with Gasteiger partial charge < -0.3 is 37.9 Å². The summed E-state index contributed by atoms with van der Waals surface area (Å²) in [4.78, 5) is 0. The summed E-state index contributed by atoms with van der Waals surface area (Å²) in [7, 11) is 9.54. The van der Waals surface area contributed by atoms with E-state index >= 15 is 0 Å². The van der Waals surface area contributed by atoms with E-state index in [1.54, 1.807) is 42.7 Å². The van der Waals surface area contributed by atoms with Crippen LogP contribution < -0.4 is 28.4 Å². The molecule has 0 aromatic heterocycles. The van der Waals surface area contributed by atoms with Crippen LogP contribution in [0.4, 0.5) is 0 Å². The SMILES string of the molecule is COc1cc2c(c(OC)c1OC)-c1c(cc(OC)c(OC)c1OC)CO[C@@H](c1ccccc1)[C@H](c1ccccc1)OC2. The fourth-order valence-corrected chi connectivity index (χ4v) is 5.55. The van der Waals surface area contributed by atoms with Crippen molar-refractivity contribution in [1.82, 2.24) is 0 Å². The molecule has 0 saturated carbocycles. The Morgan fingerprint density at radius 2 is 0.833 bits per heavy atom. The Morgan fingerprint density at radius 3 is 1.14 bits per heavy atom. The van der Waals surface area contributed by atoms with Crippen LogP contribution in [0.5, 0.6) is 34.5 Å². The van der Waals surface area contributed by atoms with Crippen molar-refractivity contribution in [2.75, 3.05) is 42.7 Å². The highest BCUT2D eigenvalue weighted by atomic mass is 16.5. The topological polar surface area (TPSA) is 73.8 Å². The lowest BCUT2D eigenvalue weighted by molar-refractivity contribution is -0.0912. The number of fused-ring (bicyclic) bond motifs is 3. The summed E-state index contributed by atoms with van der Waals surface area (Å²) in [5, 5.41) is 0. The lowest BCUT2D eigenvalue weighted by Crippen LogP contribution is -2.20. The number of ether oxygens (including phenoxy) is 8. The predicted molar refractivity (Wildman–Crippen MR) is 159 cm³/mol. The highest BCUT2D eigenvalue weighted by molar-refractivity contribution is 5.88. The predicted octanol–water partition coefficient (Wildman–Crippen LogP) is 6.93. The lowest BCUT2D eigenvalue weighted by Gasteiger charge is -2.32. The molecule has 4 aromatic rings. The van der Waals surface area contributed by atoms with Crippen LogP contribution >= 0.6 is 0 Å². The molecule has 220 valence electrons. The molecule has 2 atom stereocenters. The highest BCUT2D eigenvalue weighted by Gasteiger charge is 2.34. The van der Waals surface area contributed by atoms with E-state index in [1.807, 2.05) is 48.5 Å². The molecule has 0 amide bonds.